The molecule has 0 aliphatic heterocycles. The first-order valence-corrected chi connectivity index (χ1v) is 5.73. The van der Waals surface area contributed by atoms with E-state index in [0.717, 1.165) is 12.1 Å². The first kappa shape index (κ1) is 16.6. The lowest BCUT2D eigenvalue weighted by molar-refractivity contribution is -0.274. The third kappa shape index (κ3) is 6.02. The fraction of sp³-hybridized carbons (Fsp3) is 0.364. The number of alkyl halides is 3. The van der Waals surface area contributed by atoms with E-state index >= 15 is 0 Å². The summed E-state index contributed by atoms with van der Waals surface area (Å²) in [4.78, 5) is 13.9. The van der Waals surface area contributed by atoms with Crippen molar-refractivity contribution in [2.75, 3.05) is 13.1 Å². The highest BCUT2D eigenvalue weighted by Gasteiger charge is 2.31. The number of carbonyl (C=O) groups excluding carboxylic acids is 1. The highest BCUT2D eigenvalue weighted by atomic mass is 19.4. The van der Waals surface area contributed by atoms with E-state index in [-0.39, 0.29) is 13.1 Å². The molecule has 0 bridgehead atoms. The van der Waals surface area contributed by atoms with Gasteiger partial charge < -0.3 is 15.8 Å². The highest BCUT2D eigenvalue weighted by Crippen LogP contribution is 2.24. The molecule has 0 saturated carbocycles. The fourth-order valence-electron chi connectivity index (χ4n) is 1.55. The van der Waals surface area contributed by atoms with Gasteiger partial charge in [-0.25, -0.2) is 0 Å². The molecular weight excluding hydrogens is 291 g/mol. The van der Waals surface area contributed by atoms with Crippen LogP contribution in [0, 0.1) is 0 Å². The molecule has 0 saturated heterocycles. The smallest absolute Gasteiger partial charge is 0.406 e. The van der Waals surface area contributed by atoms with Crippen LogP contribution in [0.15, 0.2) is 29.4 Å². The summed E-state index contributed by atoms with van der Waals surface area (Å²) in [6, 6.07) is 3.83. The number of nitrogens with one attached hydrogen (secondary N) is 1. The summed E-state index contributed by atoms with van der Waals surface area (Å²) in [6.45, 7) is 0.300. The second kappa shape index (κ2) is 7.36. The first-order chi connectivity index (χ1) is 9.83. The number of carbonyl (C=O) groups is 1. The van der Waals surface area contributed by atoms with Gasteiger partial charge in [-0.1, -0.05) is 17.2 Å². The molecule has 0 fully saturated rings. The van der Waals surface area contributed by atoms with Gasteiger partial charge in [0, 0.05) is 18.0 Å². The van der Waals surface area contributed by atoms with E-state index in [1.165, 1.54) is 12.1 Å². The van der Waals surface area contributed by atoms with Crippen LogP contribution in [0.5, 0.6) is 5.75 Å². The van der Waals surface area contributed by atoms with Crippen molar-refractivity contribution in [2.24, 2.45) is 10.8 Å². The number of hydrogen-bond acceptors (Lipinski definition) is 4. The van der Waals surface area contributed by atoms with Crippen LogP contribution in [0.25, 0.3) is 10.4 Å². The molecule has 0 aliphatic carbocycles. The molecule has 1 atom stereocenters. The number of rotatable bonds is 7. The minimum Gasteiger partial charge on any atom is -0.406 e. The summed E-state index contributed by atoms with van der Waals surface area (Å²) in [6.07, 6.45) is -4.78. The Morgan fingerprint density at radius 2 is 2.05 bits per heavy atom. The fourth-order valence-corrected chi connectivity index (χ4v) is 1.55. The van der Waals surface area contributed by atoms with E-state index in [4.69, 9.17) is 11.3 Å². The van der Waals surface area contributed by atoms with Crippen LogP contribution in [0.3, 0.4) is 0 Å². The summed E-state index contributed by atoms with van der Waals surface area (Å²) >= 11 is 0. The standard InChI is InChI=1S/C11H12F3N5O2/c12-11(13,14)21-8-3-1-7(2-4-8)9(10(15)20)17-5-6-18-19-16/h1-4,9,17H,5-6H2,(H2,15,20). The van der Waals surface area contributed by atoms with Gasteiger partial charge in [-0.2, -0.15) is 0 Å². The van der Waals surface area contributed by atoms with Crippen LogP contribution < -0.4 is 15.8 Å². The molecule has 21 heavy (non-hydrogen) atoms. The Bertz CT molecular complexity index is 526. The number of benzene rings is 1. The van der Waals surface area contributed by atoms with E-state index in [9.17, 15) is 18.0 Å². The van der Waals surface area contributed by atoms with Gasteiger partial charge in [0.2, 0.25) is 5.91 Å². The zero-order chi connectivity index (χ0) is 15.9. The number of nitrogens with two attached hydrogens (primary N) is 1. The SMILES string of the molecule is [N-]=[N+]=NCCNC(C(N)=O)c1ccc(OC(F)(F)F)cc1. The van der Waals surface area contributed by atoms with Crippen LogP contribution >= 0.6 is 0 Å². The molecule has 0 radical (unpaired) electrons. The van der Waals surface area contributed by atoms with Crippen molar-refractivity contribution in [2.45, 2.75) is 12.4 Å². The Labute approximate surface area is 117 Å². The lowest BCUT2D eigenvalue weighted by Gasteiger charge is -2.16. The van der Waals surface area contributed by atoms with Crippen molar-refractivity contribution < 1.29 is 22.7 Å². The summed E-state index contributed by atoms with van der Waals surface area (Å²) in [5.41, 5.74) is 13.7. The summed E-state index contributed by atoms with van der Waals surface area (Å²) in [5, 5.41) is 6.01. The highest BCUT2D eigenvalue weighted by molar-refractivity contribution is 5.81. The monoisotopic (exact) mass is 303 g/mol. The molecule has 0 spiro atoms. The van der Waals surface area contributed by atoms with Gasteiger partial charge in [0.25, 0.3) is 0 Å². The Hall–Kier alpha value is -2.45. The average molecular weight is 303 g/mol. The predicted octanol–water partition coefficient (Wildman–Crippen LogP) is 2.01. The normalized spacial score (nSPS) is 12.3. The lowest BCUT2D eigenvalue weighted by atomic mass is 10.1. The molecule has 0 aromatic heterocycles. The van der Waals surface area contributed by atoms with E-state index in [1.807, 2.05) is 0 Å². The van der Waals surface area contributed by atoms with Gasteiger partial charge in [0.1, 0.15) is 11.8 Å². The topological polar surface area (TPSA) is 113 Å². The van der Waals surface area contributed by atoms with Crippen LogP contribution in [0.2, 0.25) is 0 Å². The first-order valence-electron chi connectivity index (χ1n) is 5.73. The maximum atomic E-state index is 12.0. The Balaban J connectivity index is 2.75. The summed E-state index contributed by atoms with van der Waals surface area (Å²) in [5.74, 6) is -1.11. The van der Waals surface area contributed by atoms with E-state index < -0.39 is 24.1 Å². The number of azide groups is 1. The molecule has 1 aromatic carbocycles. The van der Waals surface area contributed by atoms with Gasteiger partial charge in [0.05, 0.1) is 0 Å². The van der Waals surface area contributed by atoms with Crippen molar-refractivity contribution in [3.8, 4) is 5.75 Å². The lowest BCUT2D eigenvalue weighted by Crippen LogP contribution is -2.34. The van der Waals surface area contributed by atoms with E-state index in [0.29, 0.717) is 5.56 Å². The van der Waals surface area contributed by atoms with Crippen LogP contribution in [0.1, 0.15) is 11.6 Å². The van der Waals surface area contributed by atoms with Gasteiger partial charge in [-0.05, 0) is 23.2 Å². The Morgan fingerprint density at radius 1 is 1.43 bits per heavy atom. The molecule has 1 aromatic rings. The van der Waals surface area contributed by atoms with Crippen LogP contribution in [-0.2, 0) is 4.79 Å². The van der Waals surface area contributed by atoms with Crippen molar-refractivity contribution in [1.29, 1.82) is 0 Å². The molecule has 10 heteroatoms. The molecule has 1 amide bonds. The molecule has 7 nitrogen and oxygen atoms in total. The molecular formula is C11H12F3N5O2. The third-order valence-corrected chi connectivity index (χ3v) is 2.36. The van der Waals surface area contributed by atoms with Crippen molar-refractivity contribution in [3.05, 3.63) is 40.3 Å². The van der Waals surface area contributed by atoms with Crippen LogP contribution in [0.4, 0.5) is 13.2 Å². The van der Waals surface area contributed by atoms with Gasteiger partial charge in [-0.15, -0.1) is 13.2 Å². The van der Waals surface area contributed by atoms with E-state index in [1.54, 1.807) is 0 Å². The minimum absolute atomic E-state index is 0.107. The van der Waals surface area contributed by atoms with Crippen LogP contribution in [-0.4, -0.2) is 25.4 Å². The minimum atomic E-state index is -4.78. The molecule has 1 rings (SSSR count). The molecule has 1 unspecified atom stereocenters. The number of nitrogens with zero attached hydrogens (tertiary/aromatic N) is 3. The molecule has 0 heterocycles. The maximum Gasteiger partial charge on any atom is 0.573 e. The summed E-state index contributed by atoms with van der Waals surface area (Å²) < 4.78 is 39.8. The van der Waals surface area contributed by atoms with Crippen molar-refractivity contribution in [1.82, 2.24) is 5.32 Å². The number of ether oxygens (including phenoxy) is 1. The third-order valence-electron chi connectivity index (χ3n) is 2.36. The number of halogens is 3. The largest absolute Gasteiger partial charge is 0.573 e. The van der Waals surface area contributed by atoms with Gasteiger partial charge in [-0.3, -0.25) is 4.79 Å². The number of hydrogen-bond donors (Lipinski definition) is 2. The van der Waals surface area contributed by atoms with E-state index in [2.05, 4.69) is 20.1 Å². The molecule has 3 N–H and O–H groups in total. The number of primary amides is 1. The summed E-state index contributed by atoms with van der Waals surface area (Å²) in [7, 11) is 0. The number of amides is 1. The molecule has 0 aliphatic rings. The Morgan fingerprint density at radius 3 is 2.52 bits per heavy atom. The zero-order valence-electron chi connectivity index (χ0n) is 10.7. The van der Waals surface area contributed by atoms with Crippen molar-refractivity contribution in [3.63, 3.8) is 0 Å². The van der Waals surface area contributed by atoms with Crippen molar-refractivity contribution >= 4 is 5.91 Å². The van der Waals surface area contributed by atoms with Gasteiger partial charge in [0.15, 0.2) is 0 Å². The Kier molecular flexibility index (Phi) is 5.82. The second-order valence-corrected chi connectivity index (χ2v) is 3.86. The molecule has 114 valence electrons. The van der Waals surface area contributed by atoms with Gasteiger partial charge >= 0.3 is 6.36 Å². The maximum absolute atomic E-state index is 12.0. The average Bonchev–Trinajstić information content (AvgIpc) is 2.38. The zero-order valence-corrected chi connectivity index (χ0v) is 10.7. The predicted molar refractivity (Wildman–Crippen MR) is 67.1 cm³/mol. The quantitative estimate of drug-likeness (QED) is 0.347. The second-order valence-electron chi connectivity index (χ2n) is 3.86.